The van der Waals surface area contributed by atoms with Gasteiger partial charge in [0.2, 0.25) is 0 Å². The minimum absolute atomic E-state index is 0.353. The van der Waals surface area contributed by atoms with Crippen molar-refractivity contribution in [3.63, 3.8) is 0 Å². The molecule has 0 amide bonds. The lowest BCUT2D eigenvalue weighted by Gasteiger charge is -2.23. The Morgan fingerprint density at radius 3 is 3.00 bits per heavy atom. The SMILES string of the molecule is CC(C)n1ncc(Cl)c1C1=CC2CCC(C1)N2. The van der Waals surface area contributed by atoms with Crippen LogP contribution in [0.2, 0.25) is 5.02 Å². The summed E-state index contributed by atoms with van der Waals surface area (Å²) >= 11 is 6.29. The molecule has 4 heteroatoms. The minimum Gasteiger partial charge on any atom is -0.307 e. The number of rotatable bonds is 2. The molecule has 3 nitrogen and oxygen atoms in total. The van der Waals surface area contributed by atoms with E-state index in [-0.39, 0.29) is 0 Å². The first kappa shape index (κ1) is 11.3. The summed E-state index contributed by atoms with van der Waals surface area (Å²) in [6, 6.07) is 1.52. The van der Waals surface area contributed by atoms with Gasteiger partial charge >= 0.3 is 0 Å². The van der Waals surface area contributed by atoms with Gasteiger partial charge in [0, 0.05) is 18.1 Å². The molecule has 2 bridgehead atoms. The molecule has 1 fully saturated rings. The maximum atomic E-state index is 6.29. The standard InChI is InChI=1S/C13H18ClN3/c1-8(2)17-13(12(14)7-15-17)9-5-10-3-4-11(6-9)16-10/h5,7-8,10-11,16H,3-4,6H2,1-2H3. The van der Waals surface area contributed by atoms with E-state index < -0.39 is 0 Å². The number of hydrogen-bond donors (Lipinski definition) is 1. The summed E-state index contributed by atoms with van der Waals surface area (Å²) < 4.78 is 2.04. The van der Waals surface area contributed by atoms with Crippen LogP contribution in [0.5, 0.6) is 0 Å². The van der Waals surface area contributed by atoms with Crippen molar-refractivity contribution in [1.82, 2.24) is 15.1 Å². The minimum atomic E-state index is 0.353. The predicted molar refractivity (Wildman–Crippen MR) is 70.2 cm³/mol. The summed E-state index contributed by atoms with van der Waals surface area (Å²) in [7, 11) is 0. The van der Waals surface area contributed by atoms with E-state index in [1.807, 2.05) is 4.68 Å². The van der Waals surface area contributed by atoms with Crippen LogP contribution in [0.3, 0.4) is 0 Å². The summed E-state index contributed by atoms with van der Waals surface area (Å²) in [4.78, 5) is 0. The van der Waals surface area contributed by atoms with Crippen LogP contribution in [0.4, 0.5) is 0 Å². The molecule has 2 unspecified atom stereocenters. The van der Waals surface area contributed by atoms with Crippen LogP contribution < -0.4 is 5.32 Å². The molecule has 1 saturated heterocycles. The molecule has 3 heterocycles. The van der Waals surface area contributed by atoms with Crippen LogP contribution in [-0.2, 0) is 0 Å². The van der Waals surface area contributed by atoms with Crippen molar-refractivity contribution in [2.24, 2.45) is 0 Å². The van der Waals surface area contributed by atoms with E-state index in [9.17, 15) is 0 Å². The topological polar surface area (TPSA) is 29.9 Å². The fraction of sp³-hybridized carbons (Fsp3) is 0.615. The normalized spacial score (nSPS) is 27.6. The number of fused-ring (bicyclic) bond motifs is 2. The summed E-state index contributed by atoms with van der Waals surface area (Å²) in [6.07, 6.45) is 7.71. The second kappa shape index (κ2) is 4.14. The zero-order valence-corrected chi connectivity index (χ0v) is 11.0. The third kappa shape index (κ3) is 1.91. The van der Waals surface area contributed by atoms with Crippen LogP contribution in [0.1, 0.15) is 44.8 Å². The van der Waals surface area contributed by atoms with Gasteiger partial charge in [0.15, 0.2) is 0 Å². The molecule has 3 rings (SSSR count). The van der Waals surface area contributed by atoms with E-state index in [1.165, 1.54) is 18.4 Å². The van der Waals surface area contributed by atoms with Gasteiger partial charge in [-0.25, -0.2) is 0 Å². The Morgan fingerprint density at radius 1 is 1.47 bits per heavy atom. The Kier molecular flexibility index (Phi) is 2.75. The third-order valence-corrected chi connectivity index (χ3v) is 3.97. The molecule has 0 aromatic carbocycles. The van der Waals surface area contributed by atoms with Crippen molar-refractivity contribution >= 4 is 17.2 Å². The molecule has 92 valence electrons. The van der Waals surface area contributed by atoms with Crippen molar-refractivity contribution in [3.05, 3.63) is 23.0 Å². The van der Waals surface area contributed by atoms with Crippen molar-refractivity contribution < 1.29 is 0 Å². The molecule has 17 heavy (non-hydrogen) atoms. The van der Waals surface area contributed by atoms with Crippen LogP contribution in [0.25, 0.3) is 5.57 Å². The molecule has 0 saturated carbocycles. The fourth-order valence-corrected chi connectivity index (χ4v) is 3.18. The van der Waals surface area contributed by atoms with Gasteiger partial charge in [-0.1, -0.05) is 17.7 Å². The van der Waals surface area contributed by atoms with Gasteiger partial charge in [0.1, 0.15) is 0 Å². The monoisotopic (exact) mass is 251 g/mol. The third-order valence-electron chi connectivity index (χ3n) is 3.69. The average molecular weight is 252 g/mol. The van der Waals surface area contributed by atoms with E-state index in [0.717, 1.165) is 17.1 Å². The fourth-order valence-electron chi connectivity index (χ4n) is 2.93. The highest BCUT2D eigenvalue weighted by molar-refractivity contribution is 6.32. The molecule has 0 spiro atoms. The summed E-state index contributed by atoms with van der Waals surface area (Å²) in [5.74, 6) is 0. The number of aromatic nitrogens is 2. The lowest BCUT2D eigenvalue weighted by molar-refractivity contribution is 0.518. The number of nitrogens with zero attached hydrogens (tertiary/aromatic N) is 2. The van der Waals surface area contributed by atoms with Crippen LogP contribution in [0.15, 0.2) is 12.3 Å². The number of hydrogen-bond acceptors (Lipinski definition) is 2. The average Bonchev–Trinajstić information content (AvgIpc) is 2.82. The zero-order valence-electron chi connectivity index (χ0n) is 10.3. The Labute approximate surface area is 107 Å². The summed E-state index contributed by atoms with van der Waals surface area (Å²) in [5, 5.41) is 8.77. The zero-order chi connectivity index (χ0) is 12.0. The highest BCUT2D eigenvalue weighted by Crippen LogP contribution is 2.35. The predicted octanol–water partition coefficient (Wildman–Crippen LogP) is 3.03. The van der Waals surface area contributed by atoms with E-state index in [1.54, 1.807) is 6.20 Å². The Morgan fingerprint density at radius 2 is 2.29 bits per heavy atom. The second-order valence-corrected chi connectivity index (χ2v) is 5.73. The van der Waals surface area contributed by atoms with Crippen molar-refractivity contribution in [2.75, 3.05) is 0 Å². The van der Waals surface area contributed by atoms with Crippen molar-refractivity contribution in [3.8, 4) is 0 Å². The molecule has 0 aliphatic carbocycles. The van der Waals surface area contributed by atoms with Gasteiger partial charge in [0.25, 0.3) is 0 Å². The quantitative estimate of drug-likeness (QED) is 0.876. The molecule has 1 aromatic rings. The highest BCUT2D eigenvalue weighted by atomic mass is 35.5. The molecular formula is C13H18ClN3. The Hall–Kier alpha value is -0.800. The lowest BCUT2D eigenvalue weighted by atomic mass is 10.00. The smallest absolute Gasteiger partial charge is 0.0862 e. The van der Waals surface area contributed by atoms with Gasteiger partial charge < -0.3 is 5.32 Å². The van der Waals surface area contributed by atoms with Crippen LogP contribution in [-0.4, -0.2) is 21.9 Å². The van der Waals surface area contributed by atoms with Gasteiger partial charge in [-0.3, -0.25) is 4.68 Å². The molecule has 0 radical (unpaired) electrons. The van der Waals surface area contributed by atoms with Gasteiger partial charge in [-0.15, -0.1) is 0 Å². The molecule has 2 aliphatic heterocycles. The van der Waals surface area contributed by atoms with Crippen LogP contribution in [0, 0.1) is 0 Å². The van der Waals surface area contributed by atoms with Gasteiger partial charge in [0.05, 0.1) is 16.9 Å². The second-order valence-electron chi connectivity index (χ2n) is 5.32. The van der Waals surface area contributed by atoms with Gasteiger partial charge in [-0.2, -0.15) is 5.10 Å². The molecule has 1 N–H and O–H groups in total. The summed E-state index contributed by atoms with van der Waals surface area (Å²) in [6.45, 7) is 4.28. The molecular weight excluding hydrogens is 234 g/mol. The molecule has 2 aliphatic rings. The Bertz CT molecular complexity index is 461. The van der Waals surface area contributed by atoms with E-state index in [0.29, 0.717) is 18.1 Å². The first-order valence-corrected chi connectivity index (χ1v) is 6.73. The maximum Gasteiger partial charge on any atom is 0.0862 e. The summed E-state index contributed by atoms with van der Waals surface area (Å²) in [5.41, 5.74) is 2.49. The molecule has 2 atom stereocenters. The van der Waals surface area contributed by atoms with Crippen molar-refractivity contribution in [2.45, 2.75) is 51.2 Å². The highest BCUT2D eigenvalue weighted by Gasteiger charge is 2.30. The van der Waals surface area contributed by atoms with E-state index in [2.05, 4.69) is 30.3 Å². The Balaban J connectivity index is 2.01. The van der Waals surface area contributed by atoms with E-state index in [4.69, 9.17) is 11.6 Å². The van der Waals surface area contributed by atoms with Crippen molar-refractivity contribution in [1.29, 1.82) is 0 Å². The largest absolute Gasteiger partial charge is 0.307 e. The van der Waals surface area contributed by atoms with Crippen LogP contribution >= 0.6 is 11.6 Å². The van der Waals surface area contributed by atoms with E-state index >= 15 is 0 Å². The lowest BCUT2D eigenvalue weighted by Crippen LogP contribution is -2.32. The first-order valence-electron chi connectivity index (χ1n) is 6.35. The first-order chi connectivity index (χ1) is 8.15. The maximum absolute atomic E-state index is 6.29. The number of halogens is 1. The molecule has 1 aromatic heterocycles. The van der Waals surface area contributed by atoms with Gasteiger partial charge in [-0.05, 0) is 38.7 Å². The number of nitrogens with one attached hydrogen (secondary N) is 1.